The Labute approximate surface area is 205 Å². The number of para-hydroxylation sites is 1. The Morgan fingerprint density at radius 2 is 1.43 bits per heavy atom. The zero-order chi connectivity index (χ0) is 24.6. The Morgan fingerprint density at radius 1 is 0.800 bits per heavy atom. The van der Waals surface area contributed by atoms with Crippen molar-refractivity contribution in [3.8, 4) is 0 Å². The molecular formula is C28H26N2O4S. The van der Waals surface area contributed by atoms with Gasteiger partial charge < -0.3 is 9.32 Å². The molecule has 1 saturated heterocycles. The van der Waals surface area contributed by atoms with E-state index in [4.69, 9.17) is 4.42 Å². The minimum atomic E-state index is -4.15. The van der Waals surface area contributed by atoms with Gasteiger partial charge in [0.1, 0.15) is 23.7 Å². The highest BCUT2D eigenvalue weighted by Crippen LogP contribution is 2.41. The minimum Gasteiger partial charge on any atom is -0.466 e. The van der Waals surface area contributed by atoms with E-state index in [1.54, 1.807) is 24.3 Å². The number of aryl methyl sites for hydroxylation is 2. The van der Waals surface area contributed by atoms with Crippen LogP contribution < -0.4 is 4.90 Å². The summed E-state index contributed by atoms with van der Waals surface area (Å²) in [6.07, 6.45) is -0.602. The molecule has 6 nitrogen and oxygen atoms in total. The van der Waals surface area contributed by atoms with E-state index in [2.05, 4.69) is 0 Å². The average molecular weight is 487 g/mol. The number of hydrogen-bond donors (Lipinski definition) is 0. The average Bonchev–Trinajstić information content (AvgIpc) is 3.40. The smallest absolute Gasteiger partial charge is 0.268 e. The molecule has 1 aliphatic rings. The van der Waals surface area contributed by atoms with E-state index in [9.17, 15) is 13.2 Å². The van der Waals surface area contributed by atoms with Gasteiger partial charge in [-0.05, 0) is 55.8 Å². The maximum absolute atomic E-state index is 14.1. The summed E-state index contributed by atoms with van der Waals surface area (Å²) in [4.78, 5) is 16.0. The van der Waals surface area contributed by atoms with Gasteiger partial charge in [-0.15, -0.1) is 0 Å². The summed E-state index contributed by atoms with van der Waals surface area (Å²) in [6, 6.07) is 28.2. The highest BCUT2D eigenvalue weighted by molar-refractivity contribution is 7.89. The van der Waals surface area contributed by atoms with Crippen LogP contribution in [0.2, 0.25) is 0 Å². The van der Waals surface area contributed by atoms with Crippen molar-refractivity contribution in [2.75, 3.05) is 4.90 Å². The first-order valence-corrected chi connectivity index (χ1v) is 12.9. The van der Waals surface area contributed by atoms with Crippen LogP contribution in [-0.4, -0.2) is 24.8 Å². The minimum absolute atomic E-state index is 0.0822. The molecule has 0 N–H and O–H groups in total. The van der Waals surface area contributed by atoms with E-state index in [-0.39, 0.29) is 11.3 Å². The summed E-state index contributed by atoms with van der Waals surface area (Å²) >= 11 is 0. The third kappa shape index (κ3) is 4.23. The third-order valence-corrected chi connectivity index (χ3v) is 8.06. The topological polar surface area (TPSA) is 70.8 Å². The fourth-order valence-electron chi connectivity index (χ4n) is 4.59. The van der Waals surface area contributed by atoms with Crippen LogP contribution in [0.15, 0.2) is 106 Å². The normalized spacial score (nSPS) is 18.3. The van der Waals surface area contributed by atoms with E-state index in [1.165, 1.54) is 0 Å². The molecule has 7 heteroatoms. The Kier molecular flexibility index (Phi) is 5.94. The number of benzene rings is 3. The quantitative estimate of drug-likeness (QED) is 0.373. The fraction of sp³-hybridized carbons (Fsp3) is 0.179. The van der Waals surface area contributed by atoms with Crippen LogP contribution in [0.4, 0.5) is 5.69 Å². The number of carbonyl (C=O) groups excluding carboxylic acids is 1. The highest BCUT2D eigenvalue weighted by Gasteiger charge is 2.52. The summed E-state index contributed by atoms with van der Waals surface area (Å²) in [5.41, 5.74) is 2.42. The second kappa shape index (κ2) is 9.07. The van der Waals surface area contributed by atoms with Crippen molar-refractivity contribution in [1.29, 1.82) is 0 Å². The Morgan fingerprint density at radius 3 is 2.03 bits per heavy atom. The first kappa shape index (κ1) is 22.9. The molecule has 35 heavy (non-hydrogen) atoms. The van der Waals surface area contributed by atoms with Gasteiger partial charge in [-0.1, -0.05) is 66.2 Å². The van der Waals surface area contributed by atoms with Crippen molar-refractivity contribution in [3.05, 3.63) is 120 Å². The predicted octanol–water partition coefficient (Wildman–Crippen LogP) is 5.24. The molecular weight excluding hydrogens is 460 g/mol. The molecule has 0 bridgehead atoms. The van der Waals surface area contributed by atoms with Crippen LogP contribution in [0, 0.1) is 13.8 Å². The van der Waals surface area contributed by atoms with Gasteiger partial charge in [0.25, 0.3) is 15.9 Å². The summed E-state index contributed by atoms with van der Waals surface area (Å²) in [5.74, 6) is 0.844. The standard InChI is InChI=1S/C28H26N2O4S/c1-20-13-17-25(18-14-20)35(32,33)30-26(19-24-16-15-21(2)34-24)29(23-11-7-4-8-12-23)27(28(30)31)22-9-5-3-6-10-22/h3-18,26-27H,19H2,1-2H3. The number of rotatable bonds is 6. The molecule has 1 amide bonds. The van der Waals surface area contributed by atoms with Gasteiger partial charge in [0.05, 0.1) is 4.90 Å². The molecule has 0 radical (unpaired) electrons. The monoisotopic (exact) mass is 486 g/mol. The summed E-state index contributed by atoms with van der Waals surface area (Å²) in [5, 5.41) is 0. The summed E-state index contributed by atoms with van der Waals surface area (Å²) < 4.78 is 34.8. The fourth-order valence-corrected chi connectivity index (χ4v) is 6.13. The number of nitrogens with zero attached hydrogens (tertiary/aromatic N) is 2. The number of carbonyl (C=O) groups is 1. The van der Waals surface area contributed by atoms with E-state index in [1.807, 2.05) is 91.5 Å². The molecule has 4 aromatic rings. The lowest BCUT2D eigenvalue weighted by Crippen LogP contribution is -2.44. The second-order valence-electron chi connectivity index (χ2n) is 8.71. The van der Waals surface area contributed by atoms with E-state index >= 15 is 0 Å². The molecule has 2 heterocycles. The maximum atomic E-state index is 14.1. The van der Waals surface area contributed by atoms with Crippen molar-refractivity contribution in [3.63, 3.8) is 0 Å². The van der Waals surface area contributed by atoms with Crippen LogP contribution in [0.25, 0.3) is 0 Å². The molecule has 1 aliphatic heterocycles. The largest absolute Gasteiger partial charge is 0.466 e. The van der Waals surface area contributed by atoms with E-state index in [0.717, 1.165) is 26.9 Å². The van der Waals surface area contributed by atoms with Gasteiger partial charge >= 0.3 is 0 Å². The molecule has 2 unspecified atom stereocenters. The Hall–Kier alpha value is -3.84. The van der Waals surface area contributed by atoms with Gasteiger partial charge in [0, 0.05) is 12.1 Å². The lowest BCUT2D eigenvalue weighted by molar-refractivity contribution is -0.125. The van der Waals surface area contributed by atoms with E-state index in [0.29, 0.717) is 5.76 Å². The van der Waals surface area contributed by atoms with Crippen LogP contribution in [0.1, 0.15) is 28.7 Å². The summed E-state index contributed by atoms with van der Waals surface area (Å²) in [6.45, 7) is 3.73. The molecule has 0 spiro atoms. The Balaban J connectivity index is 1.70. The number of furan rings is 1. The molecule has 178 valence electrons. The lowest BCUT2D eigenvalue weighted by Gasteiger charge is -2.32. The van der Waals surface area contributed by atoms with Crippen LogP contribution in [-0.2, 0) is 21.2 Å². The van der Waals surface area contributed by atoms with Crippen molar-refractivity contribution in [2.45, 2.75) is 37.4 Å². The van der Waals surface area contributed by atoms with Gasteiger partial charge in [0.15, 0.2) is 0 Å². The van der Waals surface area contributed by atoms with Crippen LogP contribution in [0.5, 0.6) is 0 Å². The van der Waals surface area contributed by atoms with E-state index < -0.39 is 28.1 Å². The number of hydrogen-bond acceptors (Lipinski definition) is 5. The molecule has 1 aromatic heterocycles. The zero-order valence-corrected chi connectivity index (χ0v) is 20.4. The molecule has 0 saturated carbocycles. The SMILES string of the molecule is Cc1ccc(S(=O)(=O)N2C(=O)C(c3ccccc3)N(c3ccccc3)C2Cc2ccc(C)o2)cc1. The highest BCUT2D eigenvalue weighted by atomic mass is 32.2. The van der Waals surface area contributed by atoms with Crippen molar-refractivity contribution in [1.82, 2.24) is 4.31 Å². The van der Waals surface area contributed by atoms with Crippen LogP contribution >= 0.6 is 0 Å². The molecule has 2 atom stereocenters. The third-order valence-electron chi connectivity index (χ3n) is 6.25. The number of anilines is 1. The second-order valence-corrected chi connectivity index (χ2v) is 10.5. The van der Waals surface area contributed by atoms with Crippen molar-refractivity contribution >= 4 is 21.6 Å². The first-order chi connectivity index (χ1) is 16.9. The maximum Gasteiger partial charge on any atom is 0.268 e. The molecule has 0 aliphatic carbocycles. The van der Waals surface area contributed by atoms with Gasteiger partial charge in [-0.2, -0.15) is 0 Å². The lowest BCUT2D eigenvalue weighted by atomic mass is 10.0. The van der Waals surface area contributed by atoms with Gasteiger partial charge in [0.2, 0.25) is 0 Å². The van der Waals surface area contributed by atoms with Crippen LogP contribution in [0.3, 0.4) is 0 Å². The van der Waals surface area contributed by atoms with Gasteiger partial charge in [-0.3, -0.25) is 4.79 Å². The Bertz CT molecular complexity index is 1430. The number of sulfonamides is 1. The molecule has 3 aromatic carbocycles. The first-order valence-electron chi connectivity index (χ1n) is 11.4. The van der Waals surface area contributed by atoms with Crippen molar-refractivity contribution < 1.29 is 17.6 Å². The summed E-state index contributed by atoms with van der Waals surface area (Å²) in [7, 11) is -4.15. The number of amides is 1. The predicted molar refractivity (Wildman–Crippen MR) is 134 cm³/mol. The van der Waals surface area contributed by atoms with Gasteiger partial charge in [-0.25, -0.2) is 12.7 Å². The molecule has 5 rings (SSSR count). The zero-order valence-electron chi connectivity index (χ0n) is 19.5. The van der Waals surface area contributed by atoms with Crippen molar-refractivity contribution in [2.24, 2.45) is 0 Å². The molecule has 1 fully saturated rings.